The normalized spacial score (nSPS) is 10.4. The van der Waals surface area contributed by atoms with Crippen molar-refractivity contribution in [2.24, 2.45) is 0 Å². The number of rotatable bonds is 7. The minimum Gasteiger partial charge on any atom is -0.497 e. The highest BCUT2D eigenvalue weighted by Gasteiger charge is 2.09. The molecule has 3 aromatic rings. The molecule has 2 aromatic carbocycles. The summed E-state index contributed by atoms with van der Waals surface area (Å²) in [5.41, 5.74) is 2.55. The number of methoxy groups -OCH3 is 1. The highest BCUT2D eigenvalue weighted by atomic mass is 35.5. The third-order valence-electron chi connectivity index (χ3n) is 4.09. The van der Waals surface area contributed by atoms with Gasteiger partial charge in [0.25, 0.3) is 0 Å². The van der Waals surface area contributed by atoms with Gasteiger partial charge in [-0.2, -0.15) is 0 Å². The van der Waals surface area contributed by atoms with Crippen molar-refractivity contribution in [3.8, 4) is 17.2 Å². The average Bonchev–Trinajstić information content (AvgIpc) is 3.18. The lowest BCUT2D eigenvalue weighted by molar-refractivity contribution is -0.114. The first-order valence-electron chi connectivity index (χ1n) is 9.15. The fourth-order valence-electron chi connectivity index (χ4n) is 2.66. The average molecular weight is 429 g/mol. The number of hydrogen-bond acceptors (Lipinski definition) is 5. The number of ether oxygens (including phenoxy) is 1. The van der Waals surface area contributed by atoms with Crippen LogP contribution < -0.4 is 20.7 Å². The maximum Gasteiger partial charge on any atom is 0.319 e. The van der Waals surface area contributed by atoms with E-state index in [9.17, 15) is 9.59 Å². The van der Waals surface area contributed by atoms with Crippen molar-refractivity contribution in [1.82, 2.24) is 10.3 Å². The van der Waals surface area contributed by atoms with Gasteiger partial charge in [-0.3, -0.25) is 4.79 Å². The van der Waals surface area contributed by atoms with Crippen LogP contribution in [0.15, 0.2) is 53.1 Å². The van der Waals surface area contributed by atoms with E-state index in [1.54, 1.807) is 31.6 Å². The molecule has 0 unspecified atom stereocenters. The summed E-state index contributed by atoms with van der Waals surface area (Å²) in [6.45, 7) is 1.77. The Labute approximate surface area is 178 Å². The minimum atomic E-state index is -0.400. The Hall–Kier alpha value is -3.52. The van der Waals surface area contributed by atoms with E-state index in [0.29, 0.717) is 35.3 Å². The third kappa shape index (κ3) is 5.74. The Bertz CT molecular complexity index is 1030. The number of nitrogens with zero attached hydrogens (tertiary/aromatic N) is 1. The quantitative estimate of drug-likeness (QED) is 0.519. The molecule has 0 saturated heterocycles. The number of urea groups is 1. The third-order valence-corrected chi connectivity index (χ3v) is 4.41. The molecule has 0 radical (unpaired) electrons. The van der Waals surface area contributed by atoms with Gasteiger partial charge in [0.15, 0.2) is 0 Å². The molecule has 0 spiro atoms. The molecule has 30 heavy (non-hydrogen) atoms. The Kier molecular flexibility index (Phi) is 6.92. The van der Waals surface area contributed by atoms with Gasteiger partial charge in [0.2, 0.25) is 11.8 Å². The van der Waals surface area contributed by atoms with E-state index in [1.807, 2.05) is 24.3 Å². The number of carbonyl (C=O) groups is 2. The summed E-state index contributed by atoms with van der Waals surface area (Å²) in [6, 6.07) is 11.8. The first kappa shape index (κ1) is 21.2. The second-order valence-electron chi connectivity index (χ2n) is 6.38. The molecule has 0 aliphatic carbocycles. The zero-order valence-corrected chi connectivity index (χ0v) is 17.2. The highest BCUT2D eigenvalue weighted by molar-refractivity contribution is 6.34. The summed E-state index contributed by atoms with van der Waals surface area (Å²) < 4.78 is 10.6. The van der Waals surface area contributed by atoms with E-state index in [-0.39, 0.29) is 5.91 Å². The fraction of sp³-hybridized carbons (Fsp3) is 0.190. The van der Waals surface area contributed by atoms with Gasteiger partial charge in [-0.15, -0.1) is 0 Å². The molecule has 0 saturated carbocycles. The van der Waals surface area contributed by atoms with Crippen LogP contribution in [0.25, 0.3) is 11.5 Å². The highest BCUT2D eigenvalue weighted by Crippen LogP contribution is 2.25. The van der Waals surface area contributed by atoms with Crippen LogP contribution in [-0.2, 0) is 11.2 Å². The second kappa shape index (κ2) is 9.80. The van der Waals surface area contributed by atoms with Crippen molar-refractivity contribution < 1.29 is 18.7 Å². The van der Waals surface area contributed by atoms with Gasteiger partial charge in [0, 0.05) is 31.1 Å². The van der Waals surface area contributed by atoms with Gasteiger partial charge in [-0.05, 0) is 42.5 Å². The maximum atomic E-state index is 12.1. The SMILES string of the molecule is COc1ccc(-c2nc(CCNC(=O)Nc3ccc(NC(C)=O)cc3Cl)co2)cc1. The molecule has 9 heteroatoms. The second-order valence-corrected chi connectivity index (χ2v) is 6.79. The number of nitrogens with one attached hydrogen (secondary N) is 3. The Balaban J connectivity index is 1.49. The van der Waals surface area contributed by atoms with Crippen molar-refractivity contribution in [1.29, 1.82) is 0 Å². The van der Waals surface area contributed by atoms with Crippen molar-refractivity contribution in [2.75, 3.05) is 24.3 Å². The van der Waals surface area contributed by atoms with Crippen molar-refractivity contribution in [3.63, 3.8) is 0 Å². The minimum absolute atomic E-state index is 0.201. The first-order valence-corrected chi connectivity index (χ1v) is 9.53. The number of halogens is 1. The molecule has 0 bridgehead atoms. The molecule has 0 aliphatic rings. The predicted octanol–water partition coefficient (Wildman–Crippen LogP) is 4.33. The maximum absolute atomic E-state index is 12.1. The number of anilines is 2. The van der Waals surface area contributed by atoms with Crippen molar-refractivity contribution in [3.05, 3.63) is 59.4 Å². The summed E-state index contributed by atoms with van der Waals surface area (Å²) in [7, 11) is 1.61. The lowest BCUT2D eigenvalue weighted by Gasteiger charge is -2.10. The summed E-state index contributed by atoms with van der Waals surface area (Å²) in [6.07, 6.45) is 2.07. The topological polar surface area (TPSA) is 105 Å². The zero-order valence-electron chi connectivity index (χ0n) is 16.5. The summed E-state index contributed by atoms with van der Waals surface area (Å²) in [4.78, 5) is 27.6. The molecular weight excluding hydrogens is 408 g/mol. The van der Waals surface area contributed by atoms with Gasteiger partial charge in [0.05, 0.1) is 23.5 Å². The van der Waals surface area contributed by atoms with Gasteiger partial charge in [0.1, 0.15) is 12.0 Å². The molecule has 0 aliphatic heterocycles. The predicted molar refractivity (Wildman–Crippen MR) is 115 cm³/mol. The summed E-state index contributed by atoms with van der Waals surface area (Å²) >= 11 is 6.14. The molecule has 3 amide bonds. The largest absolute Gasteiger partial charge is 0.497 e. The molecule has 0 fully saturated rings. The monoisotopic (exact) mass is 428 g/mol. The standard InChI is InChI=1S/C21H21ClN4O4/c1-13(27)24-15-5-8-19(18(22)11-15)26-21(28)23-10-9-16-12-30-20(25-16)14-3-6-17(29-2)7-4-14/h3-8,11-12H,9-10H2,1-2H3,(H,24,27)(H2,23,26,28). The number of amides is 3. The molecule has 1 aromatic heterocycles. The Morgan fingerprint density at radius 1 is 1.13 bits per heavy atom. The van der Waals surface area contributed by atoms with Crippen LogP contribution >= 0.6 is 11.6 Å². The number of hydrogen-bond donors (Lipinski definition) is 3. The smallest absolute Gasteiger partial charge is 0.319 e. The van der Waals surface area contributed by atoms with Crippen LogP contribution in [0.1, 0.15) is 12.6 Å². The lowest BCUT2D eigenvalue weighted by Crippen LogP contribution is -2.30. The Morgan fingerprint density at radius 2 is 1.90 bits per heavy atom. The molecule has 3 rings (SSSR count). The van der Waals surface area contributed by atoms with E-state index in [4.69, 9.17) is 20.8 Å². The number of oxazole rings is 1. The summed E-state index contributed by atoms with van der Waals surface area (Å²) in [5, 5.41) is 8.35. The van der Waals surface area contributed by atoms with E-state index < -0.39 is 6.03 Å². The molecule has 156 valence electrons. The molecular formula is C21H21ClN4O4. The molecule has 8 nitrogen and oxygen atoms in total. The van der Waals surface area contributed by atoms with E-state index in [0.717, 1.165) is 17.0 Å². The zero-order chi connectivity index (χ0) is 21.5. The van der Waals surface area contributed by atoms with Gasteiger partial charge < -0.3 is 25.1 Å². The molecule has 0 atom stereocenters. The summed E-state index contributed by atoms with van der Waals surface area (Å²) in [5.74, 6) is 1.06. The fourth-order valence-corrected chi connectivity index (χ4v) is 2.88. The van der Waals surface area contributed by atoms with E-state index in [2.05, 4.69) is 20.9 Å². The first-order chi connectivity index (χ1) is 14.4. The van der Waals surface area contributed by atoms with Gasteiger partial charge in [-0.1, -0.05) is 11.6 Å². The number of aromatic nitrogens is 1. The van der Waals surface area contributed by atoms with E-state index in [1.165, 1.54) is 6.92 Å². The van der Waals surface area contributed by atoms with Crippen molar-refractivity contribution in [2.45, 2.75) is 13.3 Å². The van der Waals surface area contributed by atoms with E-state index >= 15 is 0 Å². The van der Waals surface area contributed by atoms with Crippen LogP contribution in [0.2, 0.25) is 5.02 Å². The van der Waals surface area contributed by atoms with Crippen LogP contribution in [-0.4, -0.2) is 30.6 Å². The molecule has 3 N–H and O–H groups in total. The number of carbonyl (C=O) groups excluding carboxylic acids is 2. The molecule has 1 heterocycles. The number of benzene rings is 2. The van der Waals surface area contributed by atoms with Crippen molar-refractivity contribution >= 4 is 34.9 Å². The van der Waals surface area contributed by atoms with Gasteiger partial charge in [-0.25, -0.2) is 9.78 Å². The van der Waals surface area contributed by atoms with Crippen LogP contribution in [0.5, 0.6) is 5.75 Å². The lowest BCUT2D eigenvalue weighted by atomic mass is 10.2. The Morgan fingerprint density at radius 3 is 2.57 bits per heavy atom. The van der Waals surface area contributed by atoms with Crippen LogP contribution in [0.4, 0.5) is 16.2 Å². The van der Waals surface area contributed by atoms with Crippen LogP contribution in [0, 0.1) is 0 Å². The van der Waals surface area contributed by atoms with Gasteiger partial charge >= 0.3 is 6.03 Å². The van der Waals surface area contributed by atoms with Crippen LogP contribution in [0.3, 0.4) is 0 Å².